The van der Waals surface area contributed by atoms with E-state index in [1.54, 1.807) is 12.1 Å². The van der Waals surface area contributed by atoms with Gasteiger partial charge in [0.25, 0.3) is 0 Å². The molecule has 1 atom stereocenters. The normalized spacial score (nSPS) is 12.1. The molecule has 5 nitrogen and oxygen atoms in total. The van der Waals surface area contributed by atoms with Crippen molar-refractivity contribution in [3.63, 3.8) is 0 Å². The molecule has 0 spiro atoms. The lowest BCUT2D eigenvalue weighted by Crippen LogP contribution is -2.23. The zero-order valence-corrected chi connectivity index (χ0v) is 19.5. The number of nitrogens with zero attached hydrogens (tertiary/aromatic N) is 1. The molecule has 0 saturated carbocycles. The van der Waals surface area contributed by atoms with Crippen molar-refractivity contribution in [2.24, 2.45) is 0 Å². The van der Waals surface area contributed by atoms with Crippen molar-refractivity contribution in [1.82, 2.24) is 4.98 Å². The summed E-state index contributed by atoms with van der Waals surface area (Å²) in [7, 11) is 0. The highest BCUT2D eigenvalue weighted by Gasteiger charge is 2.14. The quantitative estimate of drug-likeness (QED) is 0.293. The molecule has 0 radical (unpaired) electrons. The molecule has 1 heterocycles. The van der Waals surface area contributed by atoms with Gasteiger partial charge in [0.2, 0.25) is 0 Å². The highest BCUT2D eigenvalue weighted by Crippen LogP contribution is 2.23. The van der Waals surface area contributed by atoms with Gasteiger partial charge in [0.05, 0.1) is 11.2 Å². The standard InChI is InChI=1S/C27H22BrNO4/c1-18(27(30)31)33-26-5-3-2-4-21(26)17-32-24-14-7-19(8-15-24)6-12-23-13-10-20-9-11-22(28)16-25(20)29-23/h2-16,18H,17H2,1H3,(H,30,31)/b12-6+. The number of halogens is 1. The Morgan fingerprint density at radius 1 is 1.03 bits per heavy atom. The molecule has 1 N–H and O–H groups in total. The van der Waals surface area contributed by atoms with Crippen molar-refractivity contribution in [1.29, 1.82) is 0 Å². The molecule has 4 rings (SSSR count). The first-order valence-corrected chi connectivity index (χ1v) is 11.2. The average molecular weight is 504 g/mol. The second-order valence-corrected chi connectivity index (χ2v) is 8.39. The van der Waals surface area contributed by atoms with Crippen molar-refractivity contribution in [2.45, 2.75) is 19.6 Å². The number of aromatic nitrogens is 1. The van der Waals surface area contributed by atoms with Crippen LogP contribution in [0.4, 0.5) is 0 Å². The minimum Gasteiger partial charge on any atom is -0.489 e. The zero-order chi connectivity index (χ0) is 23.2. The number of carbonyl (C=O) groups is 1. The molecule has 1 unspecified atom stereocenters. The summed E-state index contributed by atoms with van der Waals surface area (Å²) < 4.78 is 12.4. The number of rotatable bonds is 8. The molecule has 0 bridgehead atoms. The molecule has 1 aromatic heterocycles. The predicted octanol–water partition coefficient (Wildman–Crippen LogP) is 6.60. The van der Waals surface area contributed by atoms with E-state index in [9.17, 15) is 4.79 Å². The van der Waals surface area contributed by atoms with Gasteiger partial charge in [-0.05, 0) is 55.0 Å². The number of hydrogen-bond donors (Lipinski definition) is 1. The van der Waals surface area contributed by atoms with E-state index < -0.39 is 12.1 Å². The molecule has 4 aromatic rings. The third-order valence-corrected chi connectivity index (χ3v) is 5.51. The van der Waals surface area contributed by atoms with Gasteiger partial charge in [0.1, 0.15) is 18.1 Å². The van der Waals surface area contributed by atoms with Crippen LogP contribution in [0.2, 0.25) is 0 Å². The monoisotopic (exact) mass is 503 g/mol. The first-order valence-electron chi connectivity index (χ1n) is 10.4. The number of fused-ring (bicyclic) bond motifs is 1. The molecule has 0 amide bonds. The minimum absolute atomic E-state index is 0.272. The van der Waals surface area contributed by atoms with Crippen LogP contribution in [0.25, 0.3) is 23.1 Å². The van der Waals surface area contributed by atoms with Crippen LogP contribution >= 0.6 is 15.9 Å². The van der Waals surface area contributed by atoms with Crippen molar-refractivity contribution in [2.75, 3.05) is 0 Å². The van der Waals surface area contributed by atoms with E-state index in [4.69, 9.17) is 14.6 Å². The third-order valence-electron chi connectivity index (χ3n) is 5.02. The summed E-state index contributed by atoms with van der Waals surface area (Å²) in [5, 5.41) is 10.2. The van der Waals surface area contributed by atoms with E-state index in [1.807, 2.05) is 72.8 Å². The lowest BCUT2D eigenvalue weighted by Gasteiger charge is -2.15. The largest absolute Gasteiger partial charge is 0.489 e. The van der Waals surface area contributed by atoms with Crippen LogP contribution in [0, 0.1) is 0 Å². The first-order chi connectivity index (χ1) is 16.0. The fraction of sp³-hybridized carbons (Fsp3) is 0.111. The second-order valence-electron chi connectivity index (χ2n) is 7.47. The maximum Gasteiger partial charge on any atom is 0.344 e. The maximum atomic E-state index is 11.1. The molecule has 0 fully saturated rings. The molecule has 0 saturated heterocycles. The summed E-state index contributed by atoms with van der Waals surface area (Å²) in [6.45, 7) is 1.77. The van der Waals surface area contributed by atoms with E-state index in [2.05, 4.69) is 27.0 Å². The van der Waals surface area contributed by atoms with Gasteiger partial charge in [-0.1, -0.05) is 64.5 Å². The second kappa shape index (κ2) is 10.3. The number of ether oxygens (including phenoxy) is 2. The first kappa shape index (κ1) is 22.6. The van der Waals surface area contributed by atoms with Crippen LogP contribution in [-0.4, -0.2) is 22.2 Å². The Balaban J connectivity index is 1.40. The van der Waals surface area contributed by atoms with Gasteiger partial charge in [0, 0.05) is 15.4 Å². The SMILES string of the molecule is CC(Oc1ccccc1COc1ccc(/C=C/c2ccc3ccc(Br)cc3n2)cc1)C(=O)O. The van der Waals surface area contributed by atoms with Gasteiger partial charge >= 0.3 is 5.97 Å². The van der Waals surface area contributed by atoms with Crippen molar-refractivity contribution >= 4 is 45.0 Å². The van der Waals surface area contributed by atoms with Crippen molar-refractivity contribution < 1.29 is 19.4 Å². The predicted molar refractivity (Wildman–Crippen MR) is 133 cm³/mol. The molecule has 3 aromatic carbocycles. The summed E-state index contributed by atoms with van der Waals surface area (Å²) in [5.74, 6) is 0.199. The van der Waals surface area contributed by atoms with E-state index >= 15 is 0 Å². The summed E-state index contributed by atoms with van der Waals surface area (Å²) in [6.07, 6.45) is 3.05. The number of benzene rings is 3. The van der Waals surface area contributed by atoms with E-state index in [0.717, 1.165) is 32.2 Å². The van der Waals surface area contributed by atoms with Crippen LogP contribution in [-0.2, 0) is 11.4 Å². The number of carboxylic acids is 1. The smallest absolute Gasteiger partial charge is 0.344 e. The topological polar surface area (TPSA) is 68.7 Å². The highest BCUT2D eigenvalue weighted by molar-refractivity contribution is 9.10. The Bertz CT molecular complexity index is 1300. The Labute approximate surface area is 200 Å². The third kappa shape index (κ3) is 5.99. The maximum absolute atomic E-state index is 11.1. The Kier molecular flexibility index (Phi) is 7.05. The number of aliphatic carboxylic acids is 1. The number of pyridine rings is 1. The van der Waals surface area contributed by atoms with E-state index in [-0.39, 0.29) is 6.61 Å². The van der Waals surface area contributed by atoms with Crippen LogP contribution < -0.4 is 9.47 Å². The lowest BCUT2D eigenvalue weighted by molar-refractivity contribution is -0.144. The summed E-state index contributed by atoms with van der Waals surface area (Å²) >= 11 is 3.49. The lowest BCUT2D eigenvalue weighted by atomic mass is 10.1. The Morgan fingerprint density at radius 3 is 2.58 bits per heavy atom. The molecule has 0 aliphatic carbocycles. The Hall–Kier alpha value is -3.64. The summed E-state index contributed by atoms with van der Waals surface area (Å²) in [6, 6.07) is 25.1. The van der Waals surface area contributed by atoms with E-state index in [0.29, 0.717) is 11.5 Å². The molecule has 0 aliphatic rings. The van der Waals surface area contributed by atoms with Gasteiger partial charge < -0.3 is 14.6 Å². The number of carboxylic acid groups (broad SMARTS) is 1. The summed E-state index contributed by atoms with van der Waals surface area (Å²) in [5.41, 5.74) is 3.63. The molecule has 33 heavy (non-hydrogen) atoms. The highest BCUT2D eigenvalue weighted by atomic mass is 79.9. The molecule has 0 aliphatic heterocycles. The van der Waals surface area contributed by atoms with Gasteiger partial charge in [-0.25, -0.2) is 9.78 Å². The van der Waals surface area contributed by atoms with Crippen molar-refractivity contribution in [3.8, 4) is 11.5 Å². The van der Waals surface area contributed by atoms with Crippen LogP contribution in [0.15, 0.2) is 83.3 Å². The summed E-state index contributed by atoms with van der Waals surface area (Å²) in [4.78, 5) is 15.8. The molecule has 166 valence electrons. The molecular weight excluding hydrogens is 482 g/mol. The average Bonchev–Trinajstić information content (AvgIpc) is 2.82. The number of hydrogen-bond acceptors (Lipinski definition) is 4. The van der Waals surface area contributed by atoms with Crippen LogP contribution in [0.3, 0.4) is 0 Å². The van der Waals surface area contributed by atoms with Crippen LogP contribution in [0.1, 0.15) is 23.7 Å². The Morgan fingerprint density at radius 2 is 1.79 bits per heavy atom. The zero-order valence-electron chi connectivity index (χ0n) is 17.9. The molecular formula is C27H22BrNO4. The fourth-order valence-electron chi connectivity index (χ4n) is 3.20. The van der Waals surface area contributed by atoms with Gasteiger partial charge in [0.15, 0.2) is 6.10 Å². The minimum atomic E-state index is -1.01. The van der Waals surface area contributed by atoms with Gasteiger partial charge in [-0.3, -0.25) is 0 Å². The number of para-hydroxylation sites is 1. The van der Waals surface area contributed by atoms with Crippen LogP contribution in [0.5, 0.6) is 11.5 Å². The van der Waals surface area contributed by atoms with E-state index in [1.165, 1.54) is 6.92 Å². The van der Waals surface area contributed by atoms with Gasteiger partial charge in [-0.2, -0.15) is 0 Å². The fourth-order valence-corrected chi connectivity index (χ4v) is 3.54. The van der Waals surface area contributed by atoms with Gasteiger partial charge in [-0.15, -0.1) is 0 Å². The molecule has 6 heteroatoms. The van der Waals surface area contributed by atoms with Crippen molar-refractivity contribution in [3.05, 3.63) is 100 Å².